The summed E-state index contributed by atoms with van der Waals surface area (Å²) in [6, 6.07) is 23.7. The van der Waals surface area contributed by atoms with Gasteiger partial charge in [-0.05, 0) is 60.0 Å². The molecule has 3 heterocycles. The number of aliphatic hydroxyl groups excluding tert-OH is 1. The molecule has 0 saturated carbocycles. The number of hydrogen-bond acceptors (Lipinski definition) is 9. The summed E-state index contributed by atoms with van der Waals surface area (Å²) in [5.74, 6) is -0.133. The molecule has 1 aliphatic heterocycles. The van der Waals surface area contributed by atoms with E-state index in [1.807, 2.05) is 25.1 Å². The Hall–Kier alpha value is -4.41. The highest BCUT2D eigenvalue weighted by Gasteiger charge is 2.46. The molecule has 0 saturated heterocycles. The summed E-state index contributed by atoms with van der Waals surface area (Å²) in [4.78, 5) is 28.4. The summed E-state index contributed by atoms with van der Waals surface area (Å²) in [5.41, 5.74) is 1.66. The number of aliphatic hydroxyl groups is 1. The standard InChI is InChI=1S/C31H25N3O5S2/c1-3-38-22-12-7-10-20(16-22)26-25(27(35)24-15-14-18(2)39-24)28(36)29(37)34(26)30-32-33-31(41-30)40-17-21-11-6-9-19-8-4-5-13-23(19)21/h4-16,26,36H,3,17H2,1-2H3. The van der Waals surface area contributed by atoms with E-state index in [1.54, 1.807) is 37.3 Å². The molecule has 0 bridgehead atoms. The van der Waals surface area contributed by atoms with E-state index >= 15 is 0 Å². The van der Waals surface area contributed by atoms with Crippen molar-refractivity contribution in [1.29, 1.82) is 0 Å². The van der Waals surface area contributed by atoms with Crippen LogP contribution in [0.25, 0.3) is 10.8 Å². The van der Waals surface area contributed by atoms with Crippen molar-refractivity contribution in [2.75, 3.05) is 11.5 Å². The molecule has 10 heteroatoms. The first kappa shape index (κ1) is 26.8. The van der Waals surface area contributed by atoms with Gasteiger partial charge in [0, 0.05) is 5.75 Å². The van der Waals surface area contributed by atoms with Crippen molar-refractivity contribution in [2.45, 2.75) is 30.0 Å². The first-order valence-electron chi connectivity index (χ1n) is 13.0. The number of furan rings is 1. The number of aryl methyl sites for hydroxylation is 1. The lowest BCUT2D eigenvalue weighted by molar-refractivity contribution is -0.117. The minimum atomic E-state index is -0.954. The lowest BCUT2D eigenvalue weighted by atomic mass is 9.95. The number of nitrogens with zero attached hydrogens (tertiary/aromatic N) is 3. The second-order valence-electron chi connectivity index (χ2n) is 9.36. The highest BCUT2D eigenvalue weighted by molar-refractivity contribution is 8.00. The lowest BCUT2D eigenvalue weighted by Crippen LogP contribution is -2.31. The molecule has 3 aromatic carbocycles. The minimum Gasteiger partial charge on any atom is -0.503 e. The monoisotopic (exact) mass is 583 g/mol. The fraction of sp³-hybridized carbons (Fsp3) is 0.161. The second-order valence-corrected chi connectivity index (χ2v) is 11.5. The topological polar surface area (TPSA) is 106 Å². The van der Waals surface area contributed by atoms with Gasteiger partial charge in [-0.1, -0.05) is 77.7 Å². The van der Waals surface area contributed by atoms with Crippen LogP contribution in [0.5, 0.6) is 5.75 Å². The fourth-order valence-corrected chi connectivity index (χ4v) is 6.77. The number of Topliss-reactive ketones (excluding diaryl/α,β-unsaturated/α-hetero) is 1. The van der Waals surface area contributed by atoms with Crippen LogP contribution in [0.15, 0.2) is 99.0 Å². The molecule has 1 aliphatic rings. The van der Waals surface area contributed by atoms with Gasteiger partial charge in [-0.15, -0.1) is 10.2 Å². The number of aromatic nitrogens is 2. The zero-order valence-corrected chi connectivity index (χ0v) is 23.9. The fourth-order valence-electron chi connectivity index (χ4n) is 4.90. The summed E-state index contributed by atoms with van der Waals surface area (Å²) in [6.45, 7) is 4.04. The van der Waals surface area contributed by atoms with Gasteiger partial charge in [0.25, 0.3) is 5.91 Å². The highest BCUT2D eigenvalue weighted by Crippen LogP contribution is 2.44. The first-order valence-corrected chi connectivity index (χ1v) is 14.8. The van der Waals surface area contributed by atoms with Crippen molar-refractivity contribution in [3.63, 3.8) is 0 Å². The third-order valence-electron chi connectivity index (χ3n) is 6.73. The van der Waals surface area contributed by atoms with Crippen LogP contribution in [0.2, 0.25) is 0 Å². The third-order valence-corrected chi connectivity index (χ3v) is 8.84. The van der Waals surface area contributed by atoms with Crippen LogP contribution in [0.4, 0.5) is 5.13 Å². The van der Waals surface area contributed by atoms with Crippen LogP contribution in [0.3, 0.4) is 0 Å². The summed E-state index contributed by atoms with van der Waals surface area (Å²) < 4.78 is 11.9. The van der Waals surface area contributed by atoms with Crippen molar-refractivity contribution in [3.8, 4) is 5.75 Å². The van der Waals surface area contributed by atoms with E-state index in [4.69, 9.17) is 9.15 Å². The van der Waals surface area contributed by atoms with Gasteiger partial charge < -0.3 is 14.3 Å². The number of rotatable bonds is 9. The number of ether oxygens (including phenoxy) is 1. The van der Waals surface area contributed by atoms with Gasteiger partial charge in [0.15, 0.2) is 15.9 Å². The molecule has 0 fully saturated rings. The van der Waals surface area contributed by atoms with E-state index in [2.05, 4.69) is 34.5 Å². The number of thioether (sulfide) groups is 1. The number of amides is 1. The van der Waals surface area contributed by atoms with Gasteiger partial charge in [0.05, 0.1) is 18.2 Å². The maximum Gasteiger partial charge on any atom is 0.296 e. The molecule has 0 aliphatic carbocycles. The molecular weight excluding hydrogens is 558 g/mol. The predicted molar refractivity (Wildman–Crippen MR) is 159 cm³/mol. The molecule has 1 atom stereocenters. The van der Waals surface area contributed by atoms with Gasteiger partial charge in [0.1, 0.15) is 11.5 Å². The molecule has 206 valence electrons. The van der Waals surface area contributed by atoms with Gasteiger partial charge >= 0.3 is 0 Å². The lowest BCUT2D eigenvalue weighted by Gasteiger charge is -2.24. The summed E-state index contributed by atoms with van der Waals surface area (Å²) in [7, 11) is 0. The van der Waals surface area contributed by atoms with Crippen LogP contribution >= 0.6 is 23.1 Å². The van der Waals surface area contributed by atoms with Crippen molar-refractivity contribution in [3.05, 3.63) is 113 Å². The number of carbonyl (C=O) groups is 2. The summed E-state index contributed by atoms with van der Waals surface area (Å²) in [5, 5.41) is 22.3. The van der Waals surface area contributed by atoms with E-state index in [9.17, 15) is 14.7 Å². The number of carbonyl (C=O) groups excluding carboxylic acids is 2. The Morgan fingerprint density at radius 1 is 1.07 bits per heavy atom. The smallest absolute Gasteiger partial charge is 0.296 e. The van der Waals surface area contributed by atoms with E-state index in [0.717, 1.165) is 10.9 Å². The summed E-state index contributed by atoms with van der Waals surface area (Å²) in [6.07, 6.45) is 0. The number of fused-ring (bicyclic) bond motifs is 1. The normalized spacial score (nSPS) is 15.2. The maximum absolute atomic E-state index is 13.6. The Labute approximate surface area is 244 Å². The van der Waals surface area contributed by atoms with Crippen molar-refractivity contribution in [2.24, 2.45) is 0 Å². The van der Waals surface area contributed by atoms with Crippen LogP contribution in [-0.4, -0.2) is 33.6 Å². The molecule has 0 radical (unpaired) electrons. The van der Waals surface area contributed by atoms with E-state index in [0.29, 0.717) is 33.8 Å². The summed E-state index contributed by atoms with van der Waals surface area (Å²) >= 11 is 2.74. The molecule has 1 N–H and O–H groups in total. The van der Waals surface area contributed by atoms with Crippen molar-refractivity contribution >= 4 is 50.7 Å². The van der Waals surface area contributed by atoms with Crippen LogP contribution in [0, 0.1) is 6.92 Å². The van der Waals surface area contributed by atoms with Gasteiger partial charge in [-0.3, -0.25) is 14.5 Å². The second kappa shape index (κ2) is 11.2. The van der Waals surface area contributed by atoms with Crippen molar-refractivity contribution < 1.29 is 23.8 Å². The molecule has 1 amide bonds. The van der Waals surface area contributed by atoms with Crippen molar-refractivity contribution in [1.82, 2.24) is 10.2 Å². The molecule has 0 spiro atoms. The predicted octanol–water partition coefficient (Wildman–Crippen LogP) is 7.07. The average molecular weight is 584 g/mol. The quantitative estimate of drug-likeness (QED) is 0.112. The molecule has 2 aromatic heterocycles. The largest absolute Gasteiger partial charge is 0.503 e. The van der Waals surface area contributed by atoms with E-state index in [-0.39, 0.29) is 16.5 Å². The van der Waals surface area contributed by atoms with Crippen LogP contribution in [-0.2, 0) is 10.5 Å². The van der Waals surface area contributed by atoms with Gasteiger partial charge in [0.2, 0.25) is 10.9 Å². The van der Waals surface area contributed by atoms with Crippen LogP contribution < -0.4 is 9.64 Å². The molecular formula is C31H25N3O5S2. The SMILES string of the molecule is CCOc1cccc(C2C(C(=O)c3ccc(C)o3)=C(O)C(=O)N2c2nnc(SCc3cccc4ccccc34)s2)c1. The third kappa shape index (κ3) is 5.12. The van der Waals surface area contributed by atoms with Crippen LogP contribution in [0.1, 0.15) is 40.4 Å². The number of hydrogen-bond donors (Lipinski definition) is 1. The Kier molecular flexibility index (Phi) is 7.34. The Morgan fingerprint density at radius 2 is 1.88 bits per heavy atom. The number of anilines is 1. The van der Waals surface area contributed by atoms with E-state index in [1.165, 1.54) is 39.5 Å². The highest BCUT2D eigenvalue weighted by atomic mass is 32.2. The maximum atomic E-state index is 13.6. The molecule has 6 rings (SSSR count). The number of benzene rings is 3. The van der Waals surface area contributed by atoms with E-state index < -0.39 is 23.5 Å². The Balaban J connectivity index is 1.34. The first-order chi connectivity index (χ1) is 19.9. The Bertz CT molecular complexity index is 1800. The molecule has 41 heavy (non-hydrogen) atoms. The zero-order chi connectivity index (χ0) is 28.5. The molecule has 5 aromatic rings. The van der Waals surface area contributed by atoms with Gasteiger partial charge in [-0.25, -0.2) is 0 Å². The zero-order valence-electron chi connectivity index (χ0n) is 22.2. The minimum absolute atomic E-state index is 0.0354. The molecule has 8 nitrogen and oxygen atoms in total. The average Bonchev–Trinajstić information content (AvgIpc) is 3.70. The van der Waals surface area contributed by atoms with Gasteiger partial charge in [-0.2, -0.15) is 0 Å². The Morgan fingerprint density at radius 3 is 2.68 bits per heavy atom. The number of ketones is 1. The molecule has 1 unspecified atom stereocenters.